The average Bonchev–Trinajstić information content (AvgIpc) is 2.64. The monoisotopic (exact) mass is 221 g/mol. The fraction of sp³-hybridized carbons (Fsp3) is 0.750. The van der Waals surface area contributed by atoms with Crippen LogP contribution < -0.4 is 5.73 Å². The van der Waals surface area contributed by atoms with E-state index in [-0.39, 0.29) is 0 Å². The van der Waals surface area contributed by atoms with Crippen LogP contribution in [0.4, 0.5) is 6.01 Å². The number of fused-ring (bicyclic) bond motifs is 2. The highest BCUT2D eigenvalue weighted by Crippen LogP contribution is 2.35. The number of hydrogen-bond donors (Lipinski definition) is 1. The van der Waals surface area contributed by atoms with Gasteiger partial charge in [-0.15, -0.1) is 0 Å². The Kier molecular flexibility index (Phi) is 2.39. The molecule has 0 amide bonds. The lowest BCUT2D eigenvalue weighted by molar-refractivity contribution is 0.0852. The van der Waals surface area contributed by atoms with Gasteiger partial charge >= 0.3 is 0 Å². The largest absolute Gasteiger partial charge is 0.429 e. The molecule has 2 atom stereocenters. The van der Waals surface area contributed by atoms with E-state index in [1.54, 1.807) is 0 Å². The second-order valence-electron chi connectivity index (χ2n) is 4.93. The molecular formula is C12H19N3O. The lowest BCUT2D eigenvalue weighted by Gasteiger charge is -2.42. The molecule has 4 nitrogen and oxygen atoms in total. The third kappa shape index (κ3) is 1.52. The zero-order chi connectivity index (χ0) is 11.1. The Hall–Kier alpha value is -1.03. The van der Waals surface area contributed by atoms with Crippen LogP contribution in [0.3, 0.4) is 0 Å². The molecule has 1 aliphatic carbocycles. The Morgan fingerprint density at radius 3 is 3.19 bits per heavy atom. The smallest absolute Gasteiger partial charge is 0.292 e. The Morgan fingerprint density at radius 1 is 1.50 bits per heavy atom. The summed E-state index contributed by atoms with van der Waals surface area (Å²) in [4.78, 5) is 6.86. The second-order valence-corrected chi connectivity index (χ2v) is 4.93. The summed E-state index contributed by atoms with van der Waals surface area (Å²) in [5, 5.41) is 0. The Labute approximate surface area is 95.8 Å². The predicted octanol–water partition coefficient (Wildman–Crippen LogP) is 1.46. The Bertz CT molecular complexity index is 388. The van der Waals surface area contributed by atoms with Crippen molar-refractivity contribution in [3.63, 3.8) is 0 Å². The highest BCUT2D eigenvalue weighted by atomic mass is 16.4. The number of oxazole rings is 1. The van der Waals surface area contributed by atoms with Crippen molar-refractivity contribution in [2.24, 2.45) is 5.92 Å². The van der Waals surface area contributed by atoms with E-state index in [0.29, 0.717) is 12.1 Å². The van der Waals surface area contributed by atoms with Crippen molar-refractivity contribution in [1.82, 2.24) is 9.88 Å². The summed E-state index contributed by atoms with van der Waals surface area (Å²) >= 11 is 0. The Morgan fingerprint density at radius 2 is 2.38 bits per heavy atom. The van der Waals surface area contributed by atoms with Crippen LogP contribution >= 0.6 is 0 Å². The van der Waals surface area contributed by atoms with Crippen LogP contribution in [0.2, 0.25) is 0 Å². The van der Waals surface area contributed by atoms with E-state index in [1.165, 1.54) is 19.4 Å². The van der Waals surface area contributed by atoms with Gasteiger partial charge in [0.25, 0.3) is 6.01 Å². The van der Waals surface area contributed by atoms with E-state index in [0.717, 1.165) is 36.8 Å². The highest BCUT2D eigenvalue weighted by molar-refractivity contribution is 5.24. The minimum Gasteiger partial charge on any atom is -0.429 e. The molecule has 0 aromatic carbocycles. The lowest BCUT2D eigenvalue weighted by Crippen LogP contribution is -2.48. The molecule has 2 aliphatic rings. The number of nitrogen functional groups attached to an aromatic ring is 1. The SMILES string of the molecule is CCN1CCC[C@H]2Cc3nc(N)oc3C[C@@H]21. The molecule has 1 aromatic heterocycles. The first-order valence-electron chi connectivity index (χ1n) is 6.26. The maximum atomic E-state index is 5.62. The third-order valence-electron chi connectivity index (χ3n) is 4.08. The topological polar surface area (TPSA) is 55.3 Å². The molecule has 1 aliphatic heterocycles. The van der Waals surface area contributed by atoms with Gasteiger partial charge in [0.15, 0.2) is 0 Å². The number of nitrogens with zero attached hydrogens (tertiary/aromatic N) is 2. The molecule has 3 rings (SSSR count). The molecule has 88 valence electrons. The molecule has 0 spiro atoms. The molecule has 1 aromatic rings. The maximum Gasteiger partial charge on any atom is 0.292 e. The molecule has 4 heteroatoms. The van der Waals surface area contributed by atoms with Crippen LogP contribution in [0.5, 0.6) is 0 Å². The summed E-state index contributed by atoms with van der Waals surface area (Å²) in [6, 6.07) is 0.991. The van der Waals surface area contributed by atoms with Crippen molar-refractivity contribution < 1.29 is 4.42 Å². The van der Waals surface area contributed by atoms with Gasteiger partial charge in [0.2, 0.25) is 0 Å². The zero-order valence-corrected chi connectivity index (χ0v) is 9.78. The minimum absolute atomic E-state index is 0.340. The molecule has 1 fully saturated rings. The average molecular weight is 221 g/mol. The quantitative estimate of drug-likeness (QED) is 0.780. The van der Waals surface area contributed by atoms with Crippen LogP contribution in [0, 0.1) is 5.92 Å². The molecular weight excluding hydrogens is 202 g/mol. The van der Waals surface area contributed by atoms with Gasteiger partial charge in [0, 0.05) is 12.5 Å². The van der Waals surface area contributed by atoms with Crippen LogP contribution in [-0.2, 0) is 12.8 Å². The van der Waals surface area contributed by atoms with E-state index in [9.17, 15) is 0 Å². The summed E-state index contributed by atoms with van der Waals surface area (Å²) < 4.78 is 5.49. The van der Waals surface area contributed by atoms with Gasteiger partial charge in [-0.05, 0) is 38.3 Å². The number of anilines is 1. The van der Waals surface area contributed by atoms with Gasteiger partial charge in [-0.3, -0.25) is 4.90 Å². The van der Waals surface area contributed by atoms with Crippen molar-refractivity contribution in [2.75, 3.05) is 18.8 Å². The second kappa shape index (κ2) is 3.77. The summed E-state index contributed by atoms with van der Waals surface area (Å²) in [7, 11) is 0. The van der Waals surface area contributed by atoms with Crippen LogP contribution in [0.25, 0.3) is 0 Å². The van der Waals surface area contributed by atoms with E-state index < -0.39 is 0 Å². The number of nitrogens with two attached hydrogens (primary N) is 1. The summed E-state index contributed by atoms with van der Waals surface area (Å²) in [6.45, 7) is 4.61. The first kappa shape index (κ1) is 10.1. The van der Waals surface area contributed by atoms with Gasteiger partial charge in [0.1, 0.15) is 5.76 Å². The van der Waals surface area contributed by atoms with Crippen LogP contribution in [0.15, 0.2) is 4.42 Å². The molecule has 16 heavy (non-hydrogen) atoms. The van der Waals surface area contributed by atoms with Crippen molar-refractivity contribution >= 4 is 6.01 Å². The molecule has 1 saturated heterocycles. The molecule has 0 unspecified atom stereocenters. The van der Waals surface area contributed by atoms with Crippen LogP contribution in [0.1, 0.15) is 31.2 Å². The van der Waals surface area contributed by atoms with E-state index >= 15 is 0 Å². The molecule has 0 bridgehead atoms. The number of aromatic nitrogens is 1. The summed E-state index contributed by atoms with van der Waals surface area (Å²) in [5.74, 6) is 1.78. The maximum absolute atomic E-state index is 5.62. The van der Waals surface area contributed by atoms with Gasteiger partial charge in [-0.25, -0.2) is 0 Å². The van der Waals surface area contributed by atoms with E-state index in [4.69, 9.17) is 10.2 Å². The fourth-order valence-corrected chi connectivity index (χ4v) is 3.30. The van der Waals surface area contributed by atoms with Crippen molar-refractivity contribution in [1.29, 1.82) is 0 Å². The standard InChI is InChI=1S/C12H19N3O/c1-2-15-5-3-4-8-6-9-11(7-10(8)15)16-12(13)14-9/h8,10H,2-7H2,1H3,(H2,13,14)/t8-,10-/m0/s1. The zero-order valence-electron chi connectivity index (χ0n) is 9.78. The first-order chi connectivity index (χ1) is 7.78. The summed E-state index contributed by atoms with van der Waals surface area (Å²) in [5.41, 5.74) is 6.73. The third-order valence-corrected chi connectivity index (χ3v) is 4.08. The fourth-order valence-electron chi connectivity index (χ4n) is 3.30. The predicted molar refractivity (Wildman–Crippen MR) is 62.1 cm³/mol. The molecule has 0 radical (unpaired) electrons. The molecule has 2 heterocycles. The van der Waals surface area contributed by atoms with Crippen molar-refractivity contribution in [3.05, 3.63) is 11.5 Å². The molecule has 2 N–H and O–H groups in total. The molecule has 0 saturated carbocycles. The number of likely N-dealkylation sites (N-methyl/N-ethyl adjacent to an activating group) is 1. The van der Waals surface area contributed by atoms with Gasteiger partial charge in [-0.2, -0.15) is 4.98 Å². The Balaban J connectivity index is 1.88. The van der Waals surface area contributed by atoms with Crippen molar-refractivity contribution in [3.8, 4) is 0 Å². The van der Waals surface area contributed by atoms with E-state index in [2.05, 4.69) is 16.8 Å². The number of likely N-dealkylation sites (tertiary alicyclic amines) is 1. The van der Waals surface area contributed by atoms with Gasteiger partial charge in [0.05, 0.1) is 5.69 Å². The normalized spacial score (nSPS) is 29.8. The lowest BCUT2D eigenvalue weighted by atomic mass is 9.79. The highest BCUT2D eigenvalue weighted by Gasteiger charge is 2.37. The first-order valence-corrected chi connectivity index (χ1v) is 6.26. The number of rotatable bonds is 1. The van der Waals surface area contributed by atoms with Gasteiger partial charge in [-0.1, -0.05) is 6.92 Å². The van der Waals surface area contributed by atoms with Crippen LogP contribution in [-0.4, -0.2) is 29.0 Å². The number of piperidine rings is 1. The van der Waals surface area contributed by atoms with Crippen molar-refractivity contribution in [2.45, 2.75) is 38.6 Å². The van der Waals surface area contributed by atoms with E-state index in [1.807, 2.05) is 0 Å². The number of hydrogen-bond acceptors (Lipinski definition) is 4. The minimum atomic E-state index is 0.340. The van der Waals surface area contributed by atoms with Gasteiger partial charge < -0.3 is 10.2 Å². The summed E-state index contributed by atoms with van der Waals surface area (Å²) in [6.07, 6.45) is 4.69.